The van der Waals surface area contributed by atoms with Crippen molar-refractivity contribution in [1.82, 2.24) is 5.43 Å². The van der Waals surface area contributed by atoms with Crippen molar-refractivity contribution in [3.05, 3.63) is 65.2 Å². The van der Waals surface area contributed by atoms with Crippen LogP contribution < -0.4 is 5.43 Å². The molecule has 0 heterocycles. The smallest absolute Gasteiger partial charge is 0.250 e. The summed E-state index contributed by atoms with van der Waals surface area (Å²) in [6, 6.07) is 14.9. The first kappa shape index (κ1) is 16.1. The summed E-state index contributed by atoms with van der Waals surface area (Å²) in [5, 5.41) is 13.4. The van der Waals surface area contributed by atoms with E-state index in [9.17, 15) is 9.90 Å². The van der Waals surface area contributed by atoms with Crippen molar-refractivity contribution in [2.45, 2.75) is 12.7 Å². The maximum Gasteiger partial charge on any atom is 0.250 e. The summed E-state index contributed by atoms with van der Waals surface area (Å²) in [5.74, 6) is 1.11. The largest absolute Gasteiger partial charge is 0.507 e. The Morgan fingerprint density at radius 3 is 2.73 bits per heavy atom. The fraction of sp³-hybridized carbons (Fsp3) is 0.176. The molecular weight excluding hydrogens is 296 g/mol. The van der Waals surface area contributed by atoms with Crippen molar-refractivity contribution in [1.29, 1.82) is 0 Å². The molecule has 1 amide bonds. The molecule has 0 atom stereocenters. The zero-order valence-electron chi connectivity index (χ0n) is 12.3. The Bertz CT molecular complexity index is 671. The number of rotatable bonds is 6. The van der Waals surface area contributed by atoms with Gasteiger partial charge in [-0.1, -0.05) is 36.4 Å². The highest BCUT2D eigenvalue weighted by atomic mass is 32.2. The van der Waals surface area contributed by atoms with Crippen LogP contribution in [0.15, 0.2) is 53.6 Å². The number of phenolic OH excluding ortho intramolecular Hbond substituents is 1. The van der Waals surface area contributed by atoms with Gasteiger partial charge in [0.15, 0.2) is 0 Å². The van der Waals surface area contributed by atoms with E-state index in [1.54, 1.807) is 36.0 Å². The number of hydrogen-bond donors (Lipinski definition) is 2. The minimum Gasteiger partial charge on any atom is -0.507 e. The SMILES string of the molecule is Cc1ccccc1CSCC(=O)N/N=C/c1ccccc1O. The van der Waals surface area contributed by atoms with Crippen LogP contribution >= 0.6 is 11.8 Å². The van der Waals surface area contributed by atoms with Gasteiger partial charge in [0.2, 0.25) is 5.91 Å². The maximum absolute atomic E-state index is 11.7. The van der Waals surface area contributed by atoms with Crippen LogP contribution in [0.1, 0.15) is 16.7 Å². The quantitative estimate of drug-likeness (QED) is 0.636. The van der Waals surface area contributed by atoms with E-state index in [2.05, 4.69) is 29.6 Å². The van der Waals surface area contributed by atoms with Gasteiger partial charge in [0.25, 0.3) is 0 Å². The Kier molecular flexibility index (Phi) is 6.03. The van der Waals surface area contributed by atoms with Crippen molar-refractivity contribution >= 4 is 23.9 Å². The standard InChI is InChI=1S/C17H18N2O2S/c1-13-6-2-3-8-15(13)11-22-12-17(21)19-18-10-14-7-4-5-9-16(14)20/h2-10,20H,11-12H2,1H3,(H,19,21)/b18-10+. The molecule has 5 heteroatoms. The molecule has 0 aliphatic heterocycles. The second-order valence-corrected chi connectivity index (χ2v) is 5.76. The lowest BCUT2D eigenvalue weighted by molar-refractivity contribution is -0.118. The first-order valence-corrected chi connectivity index (χ1v) is 8.04. The van der Waals surface area contributed by atoms with E-state index in [1.165, 1.54) is 17.3 Å². The summed E-state index contributed by atoms with van der Waals surface area (Å²) in [6.45, 7) is 2.06. The number of carbonyl (C=O) groups excluding carboxylic acids is 1. The van der Waals surface area contributed by atoms with Crippen LogP contribution in [0.5, 0.6) is 5.75 Å². The van der Waals surface area contributed by atoms with Gasteiger partial charge in [0, 0.05) is 11.3 Å². The Morgan fingerprint density at radius 1 is 1.23 bits per heavy atom. The number of benzene rings is 2. The van der Waals surface area contributed by atoms with E-state index in [-0.39, 0.29) is 11.7 Å². The molecule has 4 nitrogen and oxygen atoms in total. The predicted octanol–water partition coefficient (Wildman–Crippen LogP) is 3.08. The number of hydrazone groups is 1. The minimum absolute atomic E-state index is 0.134. The number of aromatic hydroxyl groups is 1. The maximum atomic E-state index is 11.7. The van der Waals surface area contributed by atoms with Crippen molar-refractivity contribution in [2.24, 2.45) is 5.10 Å². The summed E-state index contributed by atoms with van der Waals surface area (Å²) in [5.41, 5.74) is 5.49. The zero-order valence-corrected chi connectivity index (χ0v) is 13.1. The number of phenols is 1. The van der Waals surface area contributed by atoms with Crippen LogP contribution in [0.4, 0.5) is 0 Å². The molecule has 0 saturated carbocycles. The molecule has 0 aliphatic carbocycles. The molecule has 0 spiro atoms. The molecule has 114 valence electrons. The molecule has 2 N–H and O–H groups in total. The lowest BCUT2D eigenvalue weighted by Crippen LogP contribution is -2.19. The monoisotopic (exact) mass is 314 g/mol. The normalized spacial score (nSPS) is 10.8. The predicted molar refractivity (Wildman–Crippen MR) is 91.2 cm³/mol. The number of nitrogens with one attached hydrogen (secondary N) is 1. The average molecular weight is 314 g/mol. The molecule has 0 aromatic heterocycles. The van der Waals surface area contributed by atoms with Gasteiger partial charge in [-0.05, 0) is 30.2 Å². The highest BCUT2D eigenvalue weighted by molar-refractivity contribution is 7.99. The fourth-order valence-electron chi connectivity index (χ4n) is 1.83. The van der Waals surface area contributed by atoms with Crippen LogP contribution in [0.25, 0.3) is 0 Å². The molecule has 0 radical (unpaired) electrons. The van der Waals surface area contributed by atoms with Gasteiger partial charge in [-0.15, -0.1) is 11.8 Å². The van der Waals surface area contributed by atoms with E-state index in [0.29, 0.717) is 11.3 Å². The number of nitrogens with zero attached hydrogens (tertiary/aromatic N) is 1. The van der Waals surface area contributed by atoms with Crippen LogP contribution in [0.3, 0.4) is 0 Å². The molecule has 0 aliphatic rings. The van der Waals surface area contributed by atoms with Gasteiger partial charge in [-0.3, -0.25) is 4.79 Å². The molecule has 0 bridgehead atoms. The third-order valence-electron chi connectivity index (χ3n) is 3.08. The third-order valence-corrected chi connectivity index (χ3v) is 4.06. The Balaban J connectivity index is 1.75. The number of aryl methyl sites for hydroxylation is 1. The molecule has 0 saturated heterocycles. The molecule has 2 aromatic carbocycles. The van der Waals surface area contributed by atoms with E-state index in [0.717, 1.165) is 5.75 Å². The summed E-state index contributed by atoms with van der Waals surface area (Å²) in [6.07, 6.45) is 1.43. The fourth-order valence-corrected chi connectivity index (χ4v) is 2.72. The van der Waals surface area contributed by atoms with Gasteiger partial charge >= 0.3 is 0 Å². The van der Waals surface area contributed by atoms with Crippen molar-refractivity contribution in [3.63, 3.8) is 0 Å². The van der Waals surface area contributed by atoms with E-state index >= 15 is 0 Å². The highest BCUT2D eigenvalue weighted by Gasteiger charge is 2.02. The number of hydrogen-bond acceptors (Lipinski definition) is 4. The molecule has 0 fully saturated rings. The lowest BCUT2D eigenvalue weighted by atomic mass is 10.1. The third kappa shape index (κ3) is 4.93. The summed E-state index contributed by atoms with van der Waals surface area (Å²) < 4.78 is 0. The number of thioether (sulfide) groups is 1. The Labute approximate surface area is 134 Å². The Hall–Kier alpha value is -2.27. The van der Waals surface area contributed by atoms with E-state index in [1.807, 2.05) is 12.1 Å². The van der Waals surface area contributed by atoms with E-state index < -0.39 is 0 Å². The first-order valence-electron chi connectivity index (χ1n) is 6.89. The second kappa shape index (κ2) is 8.24. The van der Waals surface area contributed by atoms with Crippen molar-refractivity contribution in [3.8, 4) is 5.75 Å². The van der Waals surface area contributed by atoms with Gasteiger partial charge < -0.3 is 5.11 Å². The molecule has 22 heavy (non-hydrogen) atoms. The van der Waals surface area contributed by atoms with Crippen molar-refractivity contribution < 1.29 is 9.90 Å². The zero-order chi connectivity index (χ0) is 15.8. The first-order chi connectivity index (χ1) is 10.7. The Morgan fingerprint density at radius 2 is 1.95 bits per heavy atom. The summed E-state index contributed by atoms with van der Waals surface area (Å²) in [4.78, 5) is 11.7. The van der Waals surface area contributed by atoms with Crippen LogP contribution in [0.2, 0.25) is 0 Å². The van der Waals surface area contributed by atoms with Crippen molar-refractivity contribution in [2.75, 3.05) is 5.75 Å². The molecule has 0 unspecified atom stereocenters. The average Bonchev–Trinajstić information content (AvgIpc) is 2.51. The summed E-state index contributed by atoms with van der Waals surface area (Å²) in [7, 11) is 0. The van der Waals surface area contributed by atoms with Gasteiger partial charge in [-0.25, -0.2) is 5.43 Å². The van der Waals surface area contributed by atoms with Gasteiger partial charge in [0.1, 0.15) is 5.75 Å². The highest BCUT2D eigenvalue weighted by Crippen LogP contribution is 2.15. The second-order valence-electron chi connectivity index (χ2n) is 4.77. The molecule has 2 rings (SSSR count). The van der Waals surface area contributed by atoms with E-state index in [4.69, 9.17) is 0 Å². The van der Waals surface area contributed by atoms with Gasteiger partial charge in [-0.2, -0.15) is 5.10 Å². The summed E-state index contributed by atoms with van der Waals surface area (Å²) >= 11 is 1.54. The number of amides is 1. The molecular formula is C17H18N2O2S. The molecule has 2 aromatic rings. The lowest BCUT2D eigenvalue weighted by Gasteiger charge is -2.04. The van der Waals surface area contributed by atoms with Crippen LogP contribution in [-0.2, 0) is 10.5 Å². The van der Waals surface area contributed by atoms with Gasteiger partial charge in [0.05, 0.1) is 12.0 Å². The number of para-hydroxylation sites is 1. The minimum atomic E-state index is -0.162. The van der Waals surface area contributed by atoms with Crippen LogP contribution in [-0.4, -0.2) is 23.0 Å². The topological polar surface area (TPSA) is 61.7 Å². The van der Waals surface area contributed by atoms with Crippen LogP contribution in [0, 0.1) is 6.92 Å². The number of carbonyl (C=O) groups is 1.